The summed E-state index contributed by atoms with van der Waals surface area (Å²) in [5.41, 5.74) is 5.95. The monoisotopic (exact) mass is 898 g/mol. The maximum Gasteiger partial charge on any atom is 0.335 e. The van der Waals surface area contributed by atoms with E-state index in [2.05, 4.69) is 52.3 Å². The van der Waals surface area contributed by atoms with Crippen molar-refractivity contribution in [1.29, 1.82) is 0 Å². The van der Waals surface area contributed by atoms with Gasteiger partial charge in [0.1, 0.15) is 18.1 Å². The van der Waals surface area contributed by atoms with Gasteiger partial charge < -0.3 is 38.2 Å². The van der Waals surface area contributed by atoms with Gasteiger partial charge in [-0.3, -0.25) is 0 Å². The summed E-state index contributed by atoms with van der Waals surface area (Å²) < 4.78 is 33.9. The number of methoxy groups -OCH3 is 2. The molecule has 0 spiro atoms. The minimum Gasteiger partial charge on any atom is -0.493 e. The van der Waals surface area contributed by atoms with Gasteiger partial charge in [0, 0.05) is 47.6 Å². The molecule has 14 heteroatoms. The third-order valence-electron chi connectivity index (χ3n) is 13.4. The lowest BCUT2D eigenvalue weighted by Crippen LogP contribution is -2.27. The van der Waals surface area contributed by atoms with Crippen molar-refractivity contribution < 1.29 is 47.8 Å². The van der Waals surface area contributed by atoms with E-state index in [0.29, 0.717) is 40.5 Å². The largest absolute Gasteiger partial charge is 0.493 e. The second-order valence-electron chi connectivity index (χ2n) is 18.2. The zero-order chi connectivity index (χ0) is 46.3. The Morgan fingerprint density at radius 3 is 1.41 bits per heavy atom. The molecule has 14 nitrogen and oxygen atoms in total. The van der Waals surface area contributed by atoms with Gasteiger partial charge in [-0.25, -0.2) is 9.59 Å². The number of aromatic nitrogens is 4. The molecular formula is C52H58N4O10. The second kappa shape index (κ2) is 20.4. The Bertz CT molecular complexity index is 2580. The molecule has 0 saturated heterocycles. The number of benzene rings is 4. The van der Waals surface area contributed by atoms with E-state index in [-0.39, 0.29) is 28.6 Å². The summed E-state index contributed by atoms with van der Waals surface area (Å²) in [7, 11) is 3.18. The summed E-state index contributed by atoms with van der Waals surface area (Å²) >= 11 is 0. The van der Waals surface area contributed by atoms with Crippen LogP contribution in [0.2, 0.25) is 0 Å². The van der Waals surface area contributed by atoms with Crippen LogP contribution in [0.1, 0.15) is 123 Å². The fraction of sp³-hybridized carbons (Fsp3) is 0.423. The number of carboxylic acids is 2. The molecule has 2 aromatic heterocycles. The van der Waals surface area contributed by atoms with Crippen LogP contribution in [0.15, 0.2) is 94.0 Å². The van der Waals surface area contributed by atoms with Crippen molar-refractivity contribution in [3.8, 4) is 57.2 Å². The molecule has 346 valence electrons. The van der Waals surface area contributed by atoms with Crippen molar-refractivity contribution in [1.82, 2.24) is 20.3 Å². The van der Waals surface area contributed by atoms with E-state index in [4.69, 9.17) is 38.2 Å². The Balaban J connectivity index is 0.000000180. The first kappa shape index (κ1) is 46.2. The summed E-state index contributed by atoms with van der Waals surface area (Å²) in [4.78, 5) is 31.3. The highest BCUT2D eigenvalue weighted by Gasteiger charge is 2.34. The number of ether oxygens (including phenoxy) is 4. The Labute approximate surface area is 384 Å². The maximum atomic E-state index is 11.1. The zero-order valence-corrected chi connectivity index (χ0v) is 38.1. The van der Waals surface area contributed by atoms with Gasteiger partial charge in [-0.2, -0.15) is 9.97 Å². The van der Waals surface area contributed by atoms with Crippen LogP contribution in [-0.4, -0.2) is 76.2 Å². The van der Waals surface area contributed by atoms with Gasteiger partial charge in [0.15, 0.2) is 6.29 Å². The number of carbonyl (C=O) groups is 2. The van der Waals surface area contributed by atoms with E-state index in [1.54, 1.807) is 38.5 Å². The van der Waals surface area contributed by atoms with Crippen LogP contribution in [-0.2, 0) is 20.3 Å². The molecule has 3 fully saturated rings. The average Bonchev–Trinajstić information content (AvgIpc) is 3.80. The fourth-order valence-corrected chi connectivity index (χ4v) is 9.05. The van der Waals surface area contributed by atoms with Gasteiger partial charge in [0.25, 0.3) is 11.8 Å². The molecule has 2 N–H and O–H groups in total. The normalized spacial score (nSPS) is 16.6. The molecule has 0 amide bonds. The van der Waals surface area contributed by atoms with Crippen LogP contribution in [0.3, 0.4) is 0 Å². The Kier molecular flexibility index (Phi) is 14.3. The van der Waals surface area contributed by atoms with Crippen LogP contribution in [0, 0.1) is 5.92 Å². The van der Waals surface area contributed by atoms with E-state index in [0.717, 1.165) is 60.5 Å². The fourth-order valence-electron chi connectivity index (χ4n) is 9.05. The molecule has 0 unspecified atom stereocenters. The van der Waals surface area contributed by atoms with Gasteiger partial charge in [-0.05, 0) is 140 Å². The van der Waals surface area contributed by atoms with Crippen LogP contribution >= 0.6 is 0 Å². The minimum absolute atomic E-state index is 0.0154. The number of hydrogen-bond acceptors (Lipinski definition) is 12. The van der Waals surface area contributed by atoms with Gasteiger partial charge >= 0.3 is 11.9 Å². The number of carboxylic acid groups (broad SMARTS) is 2. The second-order valence-corrected chi connectivity index (χ2v) is 18.2. The summed E-state index contributed by atoms with van der Waals surface area (Å²) in [6.07, 6.45) is 13.9. The summed E-state index contributed by atoms with van der Waals surface area (Å²) in [6.45, 7) is 5.71. The molecule has 9 rings (SSSR count). The maximum absolute atomic E-state index is 11.1. The van der Waals surface area contributed by atoms with Crippen molar-refractivity contribution in [3.63, 3.8) is 0 Å². The molecule has 0 radical (unpaired) electrons. The third-order valence-corrected chi connectivity index (χ3v) is 13.4. The molecule has 6 aromatic rings. The van der Waals surface area contributed by atoms with Crippen molar-refractivity contribution in [2.24, 2.45) is 5.92 Å². The molecule has 3 aliphatic carbocycles. The Morgan fingerprint density at radius 2 is 1.02 bits per heavy atom. The zero-order valence-electron chi connectivity index (χ0n) is 38.1. The van der Waals surface area contributed by atoms with Crippen molar-refractivity contribution in [3.05, 3.63) is 107 Å². The quantitative estimate of drug-likeness (QED) is 0.0873. The molecule has 0 bridgehead atoms. The molecule has 2 heterocycles. The number of hydrogen-bond donors (Lipinski definition) is 2. The lowest BCUT2D eigenvalue weighted by atomic mass is 9.70. The van der Waals surface area contributed by atoms with Gasteiger partial charge in [0.2, 0.25) is 11.6 Å². The van der Waals surface area contributed by atoms with Crippen molar-refractivity contribution in [2.75, 3.05) is 27.4 Å². The average molecular weight is 899 g/mol. The molecule has 3 aliphatic rings. The molecule has 0 atom stereocenters. The van der Waals surface area contributed by atoms with Gasteiger partial charge in [-0.1, -0.05) is 62.7 Å². The molecule has 66 heavy (non-hydrogen) atoms. The molecular weight excluding hydrogens is 841 g/mol. The highest BCUT2D eigenvalue weighted by molar-refractivity contribution is 5.88. The van der Waals surface area contributed by atoms with Crippen LogP contribution in [0.4, 0.5) is 0 Å². The van der Waals surface area contributed by atoms with Crippen LogP contribution in [0.5, 0.6) is 11.5 Å². The minimum atomic E-state index is -0.980. The predicted molar refractivity (Wildman–Crippen MR) is 247 cm³/mol. The van der Waals surface area contributed by atoms with E-state index >= 15 is 0 Å². The first-order valence-electron chi connectivity index (χ1n) is 22.9. The number of rotatable bonds is 16. The SMILES string of the molecule is CC1(c2cc(-c3noc(-c4ccc(C(=O)O)cc4)n3)ccc2OCC2CC2)CCCCC1.COC(COc1ccc(-c2noc(-c3ccc(C(=O)O)cc3)n2)cc1C1(C)CCCCC1)OC. The van der Waals surface area contributed by atoms with E-state index in [1.165, 1.54) is 81.2 Å². The third kappa shape index (κ3) is 10.8. The number of nitrogens with zero attached hydrogens (tertiary/aromatic N) is 4. The van der Waals surface area contributed by atoms with Gasteiger partial charge in [-0.15, -0.1) is 0 Å². The first-order chi connectivity index (χ1) is 31.9. The predicted octanol–water partition coefficient (Wildman–Crippen LogP) is 11.4. The molecule has 4 aromatic carbocycles. The highest BCUT2D eigenvalue weighted by atomic mass is 16.7. The smallest absolute Gasteiger partial charge is 0.335 e. The highest BCUT2D eigenvalue weighted by Crippen LogP contribution is 2.46. The Hall–Kier alpha value is -6.38. The lowest BCUT2D eigenvalue weighted by Gasteiger charge is -2.35. The molecule has 0 aliphatic heterocycles. The van der Waals surface area contributed by atoms with Crippen molar-refractivity contribution in [2.45, 2.75) is 108 Å². The summed E-state index contributed by atoms with van der Waals surface area (Å²) in [6, 6.07) is 25.0. The number of aromatic carboxylic acids is 2. The van der Waals surface area contributed by atoms with Gasteiger partial charge in [0.05, 0.1) is 17.7 Å². The molecule has 3 saturated carbocycles. The van der Waals surface area contributed by atoms with Crippen LogP contribution in [0.25, 0.3) is 45.7 Å². The standard InChI is InChI=1S/C26H30N2O6.C26H28N2O4/c1-26(13-5-4-6-14-26)20-15-19(11-12-21(20)33-16-22(31-2)32-3)23-27-24(34-28-23)17-7-9-18(10-8-17)25(29)30;1-26(13-3-2-4-14-26)21-15-20(11-12-22(21)31-16-17-5-6-17)23-27-24(32-28-23)18-7-9-19(10-8-18)25(29)30/h7-12,15,22H,4-6,13-14,16H2,1-3H3,(H,29,30);7-12,15,17H,2-6,13-14,16H2,1H3,(H,29,30). The summed E-state index contributed by atoms with van der Waals surface area (Å²) in [5, 5.41) is 26.6. The first-order valence-corrected chi connectivity index (χ1v) is 22.9. The van der Waals surface area contributed by atoms with E-state index < -0.39 is 18.2 Å². The van der Waals surface area contributed by atoms with E-state index in [1.807, 2.05) is 18.2 Å². The summed E-state index contributed by atoms with van der Waals surface area (Å²) in [5.74, 6) is 2.25. The van der Waals surface area contributed by atoms with E-state index in [9.17, 15) is 9.59 Å². The Morgan fingerprint density at radius 1 is 0.606 bits per heavy atom. The topological polar surface area (TPSA) is 189 Å². The van der Waals surface area contributed by atoms with Crippen LogP contribution < -0.4 is 9.47 Å². The lowest BCUT2D eigenvalue weighted by molar-refractivity contribution is -0.122. The van der Waals surface area contributed by atoms with Crippen molar-refractivity contribution >= 4 is 11.9 Å².